The molecule has 18 heavy (non-hydrogen) atoms. The van der Waals surface area contributed by atoms with Crippen LogP contribution in [0, 0.1) is 0 Å². The fourth-order valence-electron chi connectivity index (χ4n) is 2.01. The molecule has 1 aromatic heterocycles. The Hall–Kier alpha value is -0.490. The van der Waals surface area contributed by atoms with Crippen LogP contribution in [-0.4, -0.2) is 49.3 Å². The molecule has 4 nitrogen and oxygen atoms in total. The minimum atomic E-state index is 0.824. The molecule has 5 heteroatoms. The first kappa shape index (κ1) is 13.9. The van der Waals surface area contributed by atoms with E-state index in [0.717, 1.165) is 56.1 Å². The lowest BCUT2D eigenvalue weighted by atomic mass is 10.3. The van der Waals surface area contributed by atoms with Gasteiger partial charge in [-0.3, -0.25) is 9.88 Å². The maximum Gasteiger partial charge on any atom is 0.0683 e. The van der Waals surface area contributed by atoms with Crippen molar-refractivity contribution in [3.8, 4) is 0 Å². The van der Waals surface area contributed by atoms with E-state index in [0.29, 0.717) is 0 Å². The number of rotatable bonds is 6. The first-order valence-electron chi connectivity index (χ1n) is 6.46. The maximum atomic E-state index is 5.33. The second-order valence-electron chi connectivity index (χ2n) is 4.42. The summed E-state index contributed by atoms with van der Waals surface area (Å²) in [7, 11) is 0. The standard InChI is InChI=1S/C13H20BrN3O/c14-12-3-1-5-16-13(12)11-15-4-2-6-17-7-9-18-10-8-17/h1,3,5,15H,2,4,6-11H2. The molecule has 0 unspecified atom stereocenters. The summed E-state index contributed by atoms with van der Waals surface area (Å²) in [6, 6.07) is 3.96. The van der Waals surface area contributed by atoms with Crippen LogP contribution in [0.1, 0.15) is 12.1 Å². The number of nitrogens with one attached hydrogen (secondary N) is 1. The summed E-state index contributed by atoms with van der Waals surface area (Å²) in [5, 5.41) is 3.43. The van der Waals surface area contributed by atoms with Crippen LogP contribution in [0.25, 0.3) is 0 Å². The van der Waals surface area contributed by atoms with Crippen LogP contribution in [0.15, 0.2) is 22.8 Å². The molecule has 1 fully saturated rings. The van der Waals surface area contributed by atoms with Crippen LogP contribution in [0.5, 0.6) is 0 Å². The zero-order valence-electron chi connectivity index (χ0n) is 10.6. The highest BCUT2D eigenvalue weighted by Gasteiger charge is 2.08. The van der Waals surface area contributed by atoms with Crippen molar-refractivity contribution in [1.29, 1.82) is 0 Å². The van der Waals surface area contributed by atoms with E-state index in [2.05, 4.69) is 31.1 Å². The Morgan fingerprint density at radius 1 is 1.39 bits per heavy atom. The third kappa shape index (κ3) is 4.65. The summed E-state index contributed by atoms with van der Waals surface area (Å²) in [5.74, 6) is 0. The van der Waals surface area contributed by atoms with Gasteiger partial charge in [0.1, 0.15) is 0 Å². The molecule has 1 aliphatic rings. The lowest BCUT2D eigenvalue weighted by molar-refractivity contribution is 0.0374. The van der Waals surface area contributed by atoms with E-state index in [1.54, 1.807) is 0 Å². The third-order valence-electron chi connectivity index (χ3n) is 3.06. The molecule has 1 N–H and O–H groups in total. The second-order valence-corrected chi connectivity index (χ2v) is 5.27. The summed E-state index contributed by atoms with van der Waals surface area (Å²) >= 11 is 3.50. The summed E-state index contributed by atoms with van der Waals surface area (Å²) in [6.45, 7) is 6.92. The number of aromatic nitrogens is 1. The van der Waals surface area contributed by atoms with Crippen molar-refractivity contribution >= 4 is 15.9 Å². The van der Waals surface area contributed by atoms with E-state index in [1.807, 2.05) is 18.3 Å². The highest BCUT2D eigenvalue weighted by molar-refractivity contribution is 9.10. The molecule has 0 aromatic carbocycles. The van der Waals surface area contributed by atoms with Crippen LogP contribution in [0.3, 0.4) is 0 Å². The van der Waals surface area contributed by atoms with Gasteiger partial charge in [-0.25, -0.2) is 0 Å². The number of hydrogen-bond donors (Lipinski definition) is 1. The number of halogens is 1. The van der Waals surface area contributed by atoms with Crippen molar-refractivity contribution in [3.05, 3.63) is 28.5 Å². The predicted molar refractivity (Wildman–Crippen MR) is 75.5 cm³/mol. The molecule has 2 rings (SSSR count). The number of nitrogens with zero attached hydrogens (tertiary/aromatic N) is 2. The molecule has 0 atom stereocenters. The number of hydrogen-bond acceptors (Lipinski definition) is 4. The minimum Gasteiger partial charge on any atom is -0.379 e. The Labute approximate surface area is 117 Å². The Kier molecular flexibility index (Phi) is 6.07. The molecule has 0 amide bonds. The molecule has 2 heterocycles. The van der Waals surface area contributed by atoms with Gasteiger partial charge in [-0.1, -0.05) is 0 Å². The van der Waals surface area contributed by atoms with Gasteiger partial charge in [0.15, 0.2) is 0 Å². The van der Waals surface area contributed by atoms with Crippen LogP contribution in [0.4, 0.5) is 0 Å². The van der Waals surface area contributed by atoms with E-state index in [1.165, 1.54) is 6.42 Å². The molecule has 1 aliphatic heterocycles. The average molecular weight is 314 g/mol. The van der Waals surface area contributed by atoms with Crippen molar-refractivity contribution < 1.29 is 4.74 Å². The molecule has 0 spiro atoms. The van der Waals surface area contributed by atoms with Gasteiger partial charge >= 0.3 is 0 Å². The summed E-state index contributed by atoms with van der Waals surface area (Å²) in [5.41, 5.74) is 1.07. The van der Waals surface area contributed by atoms with Gasteiger partial charge in [-0.05, 0) is 47.6 Å². The van der Waals surface area contributed by atoms with Crippen LogP contribution >= 0.6 is 15.9 Å². The lowest BCUT2D eigenvalue weighted by Crippen LogP contribution is -2.37. The SMILES string of the molecule is Brc1cccnc1CNCCCN1CCOCC1. The van der Waals surface area contributed by atoms with Crippen molar-refractivity contribution in [1.82, 2.24) is 15.2 Å². The largest absolute Gasteiger partial charge is 0.379 e. The fourth-order valence-corrected chi connectivity index (χ4v) is 2.40. The van der Waals surface area contributed by atoms with E-state index < -0.39 is 0 Å². The Bertz CT molecular complexity index is 356. The zero-order chi connectivity index (χ0) is 12.6. The molecule has 1 saturated heterocycles. The molecule has 0 radical (unpaired) electrons. The van der Waals surface area contributed by atoms with E-state index >= 15 is 0 Å². The Morgan fingerprint density at radius 2 is 2.22 bits per heavy atom. The van der Waals surface area contributed by atoms with Gasteiger partial charge in [0, 0.05) is 30.3 Å². The molecule has 0 saturated carbocycles. The number of pyridine rings is 1. The predicted octanol–water partition coefficient (Wildman–Crippen LogP) is 1.66. The second kappa shape index (κ2) is 7.84. The highest BCUT2D eigenvalue weighted by Crippen LogP contribution is 2.12. The summed E-state index contributed by atoms with van der Waals surface area (Å²) < 4.78 is 6.40. The van der Waals surface area contributed by atoms with Gasteiger partial charge in [-0.2, -0.15) is 0 Å². The highest BCUT2D eigenvalue weighted by atomic mass is 79.9. The quantitative estimate of drug-likeness (QED) is 0.811. The lowest BCUT2D eigenvalue weighted by Gasteiger charge is -2.26. The minimum absolute atomic E-state index is 0.824. The van der Waals surface area contributed by atoms with E-state index in [-0.39, 0.29) is 0 Å². The summed E-state index contributed by atoms with van der Waals surface area (Å²) in [4.78, 5) is 6.79. The van der Waals surface area contributed by atoms with Crippen LogP contribution < -0.4 is 5.32 Å². The monoisotopic (exact) mass is 313 g/mol. The molecule has 0 aliphatic carbocycles. The average Bonchev–Trinajstić information content (AvgIpc) is 2.42. The van der Waals surface area contributed by atoms with Gasteiger partial charge < -0.3 is 10.1 Å². The maximum absolute atomic E-state index is 5.33. The first-order valence-corrected chi connectivity index (χ1v) is 7.26. The van der Waals surface area contributed by atoms with Crippen molar-refractivity contribution in [2.45, 2.75) is 13.0 Å². The smallest absolute Gasteiger partial charge is 0.0683 e. The molecular formula is C13H20BrN3O. The van der Waals surface area contributed by atoms with Crippen LogP contribution in [-0.2, 0) is 11.3 Å². The number of morpholine rings is 1. The molecule has 0 bridgehead atoms. The molecule has 1 aromatic rings. The van der Waals surface area contributed by atoms with Crippen molar-refractivity contribution in [3.63, 3.8) is 0 Å². The molecular weight excluding hydrogens is 294 g/mol. The third-order valence-corrected chi connectivity index (χ3v) is 3.78. The fraction of sp³-hybridized carbons (Fsp3) is 0.615. The first-order chi connectivity index (χ1) is 8.86. The topological polar surface area (TPSA) is 37.4 Å². The van der Waals surface area contributed by atoms with Crippen LogP contribution in [0.2, 0.25) is 0 Å². The number of ether oxygens (including phenoxy) is 1. The van der Waals surface area contributed by atoms with Gasteiger partial charge in [0.25, 0.3) is 0 Å². The normalized spacial score (nSPS) is 16.9. The van der Waals surface area contributed by atoms with Crippen molar-refractivity contribution in [2.24, 2.45) is 0 Å². The summed E-state index contributed by atoms with van der Waals surface area (Å²) in [6.07, 6.45) is 3.00. The zero-order valence-corrected chi connectivity index (χ0v) is 12.2. The van der Waals surface area contributed by atoms with Crippen molar-refractivity contribution in [2.75, 3.05) is 39.4 Å². The van der Waals surface area contributed by atoms with E-state index in [9.17, 15) is 0 Å². The Morgan fingerprint density at radius 3 is 3.00 bits per heavy atom. The van der Waals surface area contributed by atoms with Gasteiger partial charge in [0.05, 0.1) is 18.9 Å². The van der Waals surface area contributed by atoms with Gasteiger partial charge in [0.2, 0.25) is 0 Å². The molecule has 100 valence electrons. The van der Waals surface area contributed by atoms with Gasteiger partial charge in [-0.15, -0.1) is 0 Å². The Balaban J connectivity index is 1.57. The van der Waals surface area contributed by atoms with E-state index in [4.69, 9.17) is 4.74 Å².